The first kappa shape index (κ1) is 14.2. The maximum absolute atomic E-state index is 13.4. The molecular weight excluding hydrogens is 293 g/mol. The van der Waals surface area contributed by atoms with Crippen molar-refractivity contribution in [1.29, 1.82) is 0 Å². The van der Waals surface area contributed by atoms with Crippen molar-refractivity contribution in [2.45, 2.75) is 4.90 Å². The zero-order valence-corrected chi connectivity index (χ0v) is 10.7. The lowest BCUT2D eigenvalue weighted by Crippen LogP contribution is -2.15. The van der Waals surface area contributed by atoms with Crippen LogP contribution in [0.4, 0.5) is 24.5 Å². The van der Waals surface area contributed by atoms with Crippen molar-refractivity contribution in [3.8, 4) is 0 Å². The third-order valence-electron chi connectivity index (χ3n) is 2.43. The third kappa shape index (κ3) is 2.85. The molecule has 2 aromatic carbocycles. The minimum atomic E-state index is -4.26. The van der Waals surface area contributed by atoms with Gasteiger partial charge in [-0.05, 0) is 30.3 Å². The van der Waals surface area contributed by atoms with Crippen LogP contribution in [0.5, 0.6) is 0 Å². The molecule has 106 valence electrons. The molecule has 0 aliphatic heterocycles. The summed E-state index contributed by atoms with van der Waals surface area (Å²) in [7, 11) is -4.26. The van der Waals surface area contributed by atoms with Crippen LogP contribution >= 0.6 is 0 Å². The highest BCUT2D eigenvalue weighted by Crippen LogP contribution is 2.22. The topological polar surface area (TPSA) is 72.2 Å². The molecule has 2 aromatic rings. The quantitative estimate of drug-likeness (QED) is 0.856. The van der Waals surface area contributed by atoms with Gasteiger partial charge in [0.25, 0.3) is 10.0 Å². The van der Waals surface area contributed by atoms with E-state index in [0.29, 0.717) is 6.07 Å². The van der Waals surface area contributed by atoms with Crippen LogP contribution in [0.2, 0.25) is 0 Å². The number of nitrogen functional groups attached to an aromatic ring is 1. The lowest BCUT2D eigenvalue weighted by Gasteiger charge is -2.09. The fourth-order valence-electron chi connectivity index (χ4n) is 1.51. The molecule has 3 N–H and O–H groups in total. The summed E-state index contributed by atoms with van der Waals surface area (Å²) in [6.45, 7) is 0. The summed E-state index contributed by atoms with van der Waals surface area (Å²) in [5.41, 5.74) is 5.00. The van der Waals surface area contributed by atoms with Crippen LogP contribution in [0, 0.1) is 17.5 Å². The Labute approximate surface area is 113 Å². The number of halogens is 3. The molecule has 0 radical (unpaired) electrons. The molecule has 0 saturated carbocycles. The summed E-state index contributed by atoms with van der Waals surface area (Å²) in [6, 6.07) is 5.21. The van der Waals surface area contributed by atoms with Crippen LogP contribution in [0.1, 0.15) is 0 Å². The van der Waals surface area contributed by atoms with Gasteiger partial charge in [-0.2, -0.15) is 0 Å². The minimum absolute atomic E-state index is 0.0346. The van der Waals surface area contributed by atoms with Gasteiger partial charge in [-0.25, -0.2) is 21.6 Å². The van der Waals surface area contributed by atoms with Gasteiger partial charge in [-0.15, -0.1) is 0 Å². The molecule has 0 heterocycles. The summed E-state index contributed by atoms with van der Waals surface area (Å²) in [5, 5.41) is 0. The Balaban J connectivity index is 2.38. The molecule has 0 unspecified atom stereocenters. The molecule has 0 amide bonds. The number of hydrogen-bond acceptors (Lipinski definition) is 3. The average Bonchev–Trinajstić information content (AvgIpc) is 2.33. The fraction of sp³-hybridized carbons (Fsp3) is 0. The SMILES string of the molecule is Nc1cc(NS(=O)(=O)c2ccc(F)cc2F)ccc1F. The smallest absolute Gasteiger partial charge is 0.264 e. The van der Waals surface area contributed by atoms with Crippen molar-refractivity contribution < 1.29 is 21.6 Å². The molecule has 0 spiro atoms. The maximum atomic E-state index is 13.4. The van der Waals surface area contributed by atoms with Gasteiger partial charge >= 0.3 is 0 Å². The van der Waals surface area contributed by atoms with Crippen LogP contribution in [0.3, 0.4) is 0 Å². The van der Waals surface area contributed by atoms with Crippen molar-refractivity contribution in [2.24, 2.45) is 0 Å². The molecule has 2 rings (SSSR count). The number of rotatable bonds is 3. The van der Waals surface area contributed by atoms with E-state index in [0.717, 1.165) is 30.3 Å². The van der Waals surface area contributed by atoms with E-state index in [4.69, 9.17) is 5.73 Å². The Bertz CT molecular complexity index is 763. The summed E-state index contributed by atoms with van der Waals surface area (Å²) in [6.07, 6.45) is 0. The Hall–Kier alpha value is -2.22. The predicted molar refractivity (Wildman–Crippen MR) is 68.0 cm³/mol. The van der Waals surface area contributed by atoms with Gasteiger partial charge in [0.1, 0.15) is 22.3 Å². The molecule has 0 bridgehead atoms. The van der Waals surface area contributed by atoms with Crippen molar-refractivity contribution in [2.75, 3.05) is 10.5 Å². The highest BCUT2D eigenvalue weighted by Gasteiger charge is 2.20. The zero-order chi connectivity index (χ0) is 14.9. The lowest BCUT2D eigenvalue weighted by molar-refractivity contribution is 0.551. The first-order chi connectivity index (χ1) is 9.29. The van der Waals surface area contributed by atoms with Gasteiger partial charge in [-0.3, -0.25) is 4.72 Å². The van der Waals surface area contributed by atoms with Gasteiger partial charge in [0.2, 0.25) is 0 Å². The third-order valence-corrected chi connectivity index (χ3v) is 3.85. The summed E-state index contributed by atoms with van der Waals surface area (Å²) < 4.78 is 65.0. The Morgan fingerprint density at radius 3 is 2.25 bits per heavy atom. The average molecular weight is 302 g/mol. The molecule has 4 nitrogen and oxygen atoms in total. The van der Waals surface area contributed by atoms with E-state index in [-0.39, 0.29) is 11.4 Å². The van der Waals surface area contributed by atoms with Crippen LogP contribution in [-0.2, 0) is 10.0 Å². The molecule has 0 saturated heterocycles. The Morgan fingerprint density at radius 2 is 1.65 bits per heavy atom. The van der Waals surface area contributed by atoms with Crippen LogP contribution in [0.15, 0.2) is 41.3 Å². The number of benzene rings is 2. The first-order valence-electron chi connectivity index (χ1n) is 5.32. The van der Waals surface area contributed by atoms with Gasteiger partial charge in [0.15, 0.2) is 0 Å². The van der Waals surface area contributed by atoms with Gasteiger partial charge in [0.05, 0.1) is 11.4 Å². The van der Waals surface area contributed by atoms with E-state index in [9.17, 15) is 21.6 Å². The Morgan fingerprint density at radius 1 is 0.950 bits per heavy atom. The minimum Gasteiger partial charge on any atom is -0.396 e. The van der Waals surface area contributed by atoms with E-state index in [1.807, 2.05) is 4.72 Å². The van der Waals surface area contributed by atoms with Crippen molar-refractivity contribution in [1.82, 2.24) is 0 Å². The van der Waals surface area contributed by atoms with E-state index < -0.39 is 32.4 Å². The van der Waals surface area contributed by atoms with Crippen molar-refractivity contribution in [3.05, 3.63) is 53.8 Å². The van der Waals surface area contributed by atoms with E-state index in [1.54, 1.807) is 0 Å². The van der Waals surface area contributed by atoms with Crippen LogP contribution < -0.4 is 10.5 Å². The molecule has 0 fully saturated rings. The van der Waals surface area contributed by atoms with Gasteiger partial charge in [-0.1, -0.05) is 0 Å². The molecule has 0 aliphatic rings. The number of nitrogens with one attached hydrogen (secondary N) is 1. The highest BCUT2D eigenvalue weighted by molar-refractivity contribution is 7.92. The van der Waals surface area contributed by atoms with Gasteiger partial charge in [0, 0.05) is 6.07 Å². The Kier molecular flexibility index (Phi) is 3.58. The molecule has 0 aromatic heterocycles. The second kappa shape index (κ2) is 5.04. The number of hydrogen-bond donors (Lipinski definition) is 2. The second-order valence-electron chi connectivity index (χ2n) is 3.92. The maximum Gasteiger partial charge on any atom is 0.264 e. The normalized spacial score (nSPS) is 11.3. The standard InChI is InChI=1S/C12H9F3N2O2S/c13-7-1-4-12(10(15)5-7)20(18,19)17-8-2-3-9(14)11(16)6-8/h1-6,17H,16H2. The number of anilines is 2. The summed E-state index contributed by atoms with van der Waals surface area (Å²) in [5.74, 6) is -2.83. The molecule has 0 atom stereocenters. The largest absolute Gasteiger partial charge is 0.396 e. The summed E-state index contributed by atoms with van der Waals surface area (Å²) in [4.78, 5) is -0.721. The summed E-state index contributed by atoms with van der Waals surface area (Å²) >= 11 is 0. The van der Waals surface area contributed by atoms with Crippen LogP contribution in [-0.4, -0.2) is 8.42 Å². The van der Waals surface area contributed by atoms with E-state index in [1.165, 1.54) is 0 Å². The lowest BCUT2D eigenvalue weighted by atomic mass is 10.3. The number of nitrogens with two attached hydrogens (primary N) is 1. The van der Waals surface area contributed by atoms with Crippen molar-refractivity contribution in [3.63, 3.8) is 0 Å². The molecule has 0 aliphatic carbocycles. The zero-order valence-electron chi connectivity index (χ0n) is 9.90. The van der Waals surface area contributed by atoms with Crippen LogP contribution in [0.25, 0.3) is 0 Å². The molecular formula is C12H9F3N2O2S. The van der Waals surface area contributed by atoms with E-state index in [2.05, 4.69) is 0 Å². The molecule has 8 heteroatoms. The first-order valence-corrected chi connectivity index (χ1v) is 6.81. The number of sulfonamides is 1. The van der Waals surface area contributed by atoms with Gasteiger partial charge < -0.3 is 5.73 Å². The molecule has 20 heavy (non-hydrogen) atoms. The monoisotopic (exact) mass is 302 g/mol. The van der Waals surface area contributed by atoms with E-state index >= 15 is 0 Å². The predicted octanol–water partition coefficient (Wildman–Crippen LogP) is 2.49. The highest BCUT2D eigenvalue weighted by atomic mass is 32.2. The second-order valence-corrected chi connectivity index (χ2v) is 5.57. The van der Waals surface area contributed by atoms with Crippen molar-refractivity contribution >= 4 is 21.4 Å². The fourth-order valence-corrected chi connectivity index (χ4v) is 2.62.